The molecule has 1 aromatic carbocycles. The first-order valence-electron chi connectivity index (χ1n) is 8.00. The Morgan fingerprint density at radius 3 is 2.56 bits per heavy atom. The Hall–Kier alpha value is -1.12. The van der Waals surface area contributed by atoms with Gasteiger partial charge in [-0.25, -0.2) is 8.42 Å². The fraction of sp³-hybridized carbons (Fsp3) is 0.562. The maximum absolute atomic E-state index is 12.9. The summed E-state index contributed by atoms with van der Waals surface area (Å²) in [5, 5.41) is -0.498. The van der Waals surface area contributed by atoms with Crippen molar-refractivity contribution in [3.63, 3.8) is 0 Å². The van der Waals surface area contributed by atoms with Gasteiger partial charge >= 0.3 is 6.18 Å². The molecule has 0 amide bonds. The molecule has 9 heteroatoms. The van der Waals surface area contributed by atoms with Gasteiger partial charge in [-0.05, 0) is 37.5 Å². The van der Waals surface area contributed by atoms with Crippen LogP contribution in [0.15, 0.2) is 23.1 Å². The molecular weight excluding hydrogens is 379 g/mol. The predicted octanol–water partition coefficient (Wildman–Crippen LogP) is 4.27. The monoisotopic (exact) mass is 397 g/mol. The minimum Gasteiger partial charge on any atom is -0.298 e. The molecule has 4 nitrogen and oxygen atoms in total. The number of sulfonamides is 1. The molecule has 25 heavy (non-hydrogen) atoms. The molecule has 1 aliphatic rings. The number of Topliss-reactive ketones (excluding diaryl/α,β-unsaturated/α-hetero) is 1. The molecule has 1 heterocycles. The topological polar surface area (TPSA) is 54.5 Å². The van der Waals surface area contributed by atoms with Crippen molar-refractivity contribution in [2.75, 3.05) is 6.54 Å². The van der Waals surface area contributed by atoms with E-state index in [0.29, 0.717) is 31.4 Å². The molecule has 0 saturated carbocycles. The second-order valence-corrected chi connectivity index (χ2v) is 8.25. The molecule has 1 aliphatic heterocycles. The van der Waals surface area contributed by atoms with E-state index in [-0.39, 0.29) is 18.7 Å². The normalized spacial score (nSPS) is 19.8. The van der Waals surface area contributed by atoms with Crippen LogP contribution >= 0.6 is 11.6 Å². The quantitative estimate of drug-likeness (QED) is 0.745. The summed E-state index contributed by atoms with van der Waals surface area (Å²) in [6.07, 6.45) is -2.02. The second-order valence-electron chi connectivity index (χ2n) is 5.99. The van der Waals surface area contributed by atoms with Crippen molar-refractivity contribution in [2.24, 2.45) is 0 Å². The van der Waals surface area contributed by atoms with Crippen molar-refractivity contribution in [1.29, 1.82) is 0 Å². The number of benzene rings is 1. The Morgan fingerprint density at radius 1 is 1.32 bits per heavy atom. The van der Waals surface area contributed by atoms with E-state index < -0.39 is 37.7 Å². The number of carbonyl (C=O) groups excluding carboxylic acids is 1. The number of piperidine rings is 1. The van der Waals surface area contributed by atoms with Crippen LogP contribution in [-0.4, -0.2) is 31.1 Å². The van der Waals surface area contributed by atoms with Crippen molar-refractivity contribution in [2.45, 2.75) is 56.1 Å². The van der Waals surface area contributed by atoms with Crippen molar-refractivity contribution >= 4 is 27.4 Å². The third kappa shape index (κ3) is 4.35. The average molecular weight is 398 g/mol. The molecule has 140 valence electrons. The molecule has 1 atom stereocenters. The van der Waals surface area contributed by atoms with E-state index in [1.807, 2.05) is 6.92 Å². The molecule has 1 aromatic rings. The van der Waals surface area contributed by atoms with E-state index >= 15 is 0 Å². The number of carbonyl (C=O) groups is 1. The molecule has 0 aliphatic carbocycles. The average Bonchev–Trinajstić information content (AvgIpc) is 2.54. The number of halogens is 4. The van der Waals surface area contributed by atoms with Gasteiger partial charge in [0.1, 0.15) is 4.90 Å². The number of ketones is 1. The van der Waals surface area contributed by atoms with E-state index in [0.717, 1.165) is 16.8 Å². The Kier molecular flexibility index (Phi) is 6.17. The van der Waals surface area contributed by atoms with Crippen LogP contribution in [0.1, 0.15) is 44.6 Å². The van der Waals surface area contributed by atoms with Gasteiger partial charge in [-0.15, -0.1) is 0 Å². The van der Waals surface area contributed by atoms with Crippen LogP contribution in [0.3, 0.4) is 0 Å². The van der Waals surface area contributed by atoms with Crippen LogP contribution in [0, 0.1) is 0 Å². The first kappa shape index (κ1) is 20.2. The van der Waals surface area contributed by atoms with Crippen LogP contribution in [0.25, 0.3) is 0 Å². The van der Waals surface area contributed by atoms with Crippen LogP contribution < -0.4 is 0 Å². The number of alkyl halides is 3. The summed E-state index contributed by atoms with van der Waals surface area (Å²) >= 11 is 5.84. The first-order valence-corrected chi connectivity index (χ1v) is 9.82. The van der Waals surface area contributed by atoms with E-state index in [2.05, 4.69) is 0 Å². The van der Waals surface area contributed by atoms with Gasteiger partial charge in [0.15, 0.2) is 5.78 Å². The molecule has 1 unspecified atom stereocenters. The molecule has 1 saturated heterocycles. The lowest BCUT2D eigenvalue weighted by atomic mass is 9.99. The van der Waals surface area contributed by atoms with Crippen molar-refractivity contribution in [3.8, 4) is 0 Å². The van der Waals surface area contributed by atoms with Gasteiger partial charge in [0.2, 0.25) is 10.0 Å². The predicted molar refractivity (Wildman–Crippen MR) is 87.9 cm³/mol. The molecule has 0 aromatic heterocycles. The van der Waals surface area contributed by atoms with E-state index in [4.69, 9.17) is 11.6 Å². The SMILES string of the molecule is CCCC(=O)C1CCCCN1S(=O)(=O)c1ccc(C(F)(F)F)cc1Cl. The zero-order valence-electron chi connectivity index (χ0n) is 13.6. The van der Waals surface area contributed by atoms with Gasteiger partial charge in [0, 0.05) is 13.0 Å². The zero-order valence-corrected chi connectivity index (χ0v) is 15.2. The van der Waals surface area contributed by atoms with Gasteiger partial charge < -0.3 is 0 Å². The van der Waals surface area contributed by atoms with Crippen LogP contribution in [-0.2, 0) is 21.0 Å². The Bertz CT molecular complexity index is 749. The Morgan fingerprint density at radius 2 is 2.00 bits per heavy atom. The van der Waals surface area contributed by atoms with E-state index in [1.54, 1.807) is 0 Å². The summed E-state index contributed by atoms with van der Waals surface area (Å²) in [5.74, 6) is -0.172. The number of hydrogen-bond donors (Lipinski definition) is 0. The fourth-order valence-corrected chi connectivity index (χ4v) is 5.14. The highest BCUT2D eigenvalue weighted by Gasteiger charge is 2.39. The van der Waals surface area contributed by atoms with Gasteiger partial charge in [0.05, 0.1) is 16.6 Å². The first-order chi connectivity index (χ1) is 11.6. The summed E-state index contributed by atoms with van der Waals surface area (Å²) in [4.78, 5) is 11.9. The molecule has 0 N–H and O–H groups in total. The Labute approximate surface area is 150 Å². The minimum absolute atomic E-state index is 0.153. The maximum atomic E-state index is 12.9. The highest BCUT2D eigenvalue weighted by Crippen LogP contribution is 2.35. The van der Waals surface area contributed by atoms with Crippen molar-refractivity contribution in [3.05, 3.63) is 28.8 Å². The summed E-state index contributed by atoms with van der Waals surface area (Å²) < 4.78 is 65.1. The maximum Gasteiger partial charge on any atom is 0.416 e. The van der Waals surface area contributed by atoms with E-state index in [1.165, 1.54) is 0 Å². The lowest BCUT2D eigenvalue weighted by molar-refractivity contribution is -0.137. The second kappa shape index (κ2) is 7.63. The summed E-state index contributed by atoms with van der Waals surface area (Å²) in [5.41, 5.74) is -1.02. The molecule has 0 bridgehead atoms. The van der Waals surface area contributed by atoms with Gasteiger partial charge in [-0.2, -0.15) is 17.5 Å². The number of rotatable bonds is 5. The molecular formula is C16H19ClF3NO3S. The lowest BCUT2D eigenvalue weighted by Gasteiger charge is -2.34. The molecule has 0 spiro atoms. The smallest absolute Gasteiger partial charge is 0.298 e. The standard InChI is InChI=1S/C16H19ClF3NO3S/c1-2-5-14(22)13-6-3-4-9-21(13)25(23,24)15-8-7-11(10-12(15)17)16(18,19)20/h7-8,10,13H,2-6,9H2,1H3. The highest BCUT2D eigenvalue weighted by atomic mass is 35.5. The summed E-state index contributed by atoms with van der Waals surface area (Å²) in [7, 11) is -4.15. The number of hydrogen-bond acceptors (Lipinski definition) is 3. The highest BCUT2D eigenvalue weighted by molar-refractivity contribution is 7.89. The fourth-order valence-electron chi connectivity index (χ4n) is 2.94. The molecule has 1 fully saturated rings. The molecule has 2 rings (SSSR count). The van der Waals surface area contributed by atoms with Crippen molar-refractivity contribution in [1.82, 2.24) is 4.31 Å². The molecule has 0 radical (unpaired) electrons. The third-order valence-electron chi connectivity index (χ3n) is 4.17. The van der Waals surface area contributed by atoms with Crippen LogP contribution in [0.4, 0.5) is 13.2 Å². The lowest BCUT2D eigenvalue weighted by Crippen LogP contribution is -2.47. The minimum atomic E-state index is -4.61. The van der Waals surface area contributed by atoms with E-state index in [9.17, 15) is 26.4 Å². The van der Waals surface area contributed by atoms with Crippen LogP contribution in [0.2, 0.25) is 5.02 Å². The van der Waals surface area contributed by atoms with Gasteiger partial charge in [-0.3, -0.25) is 4.79 Å². The Balaban J connectivity index is 2.41. The summed E-state index contributed by atoms with van der Waals surface area (Å²) in [6.45, 7) is 1.98. The zero-order chi connectivity index (χ0) is 18.8. The van der Waals surface area contributed by atoms with Gasteiger partial charge in [0.25, 0.3) is 0 Å². The van der Waals surface area contributed by atoms with Crippen molar-refractivity contribution < 1.29 is 26.4 Å². The third-order valence-corrected chi connectivity index (χ3v) is 6.56. The summed E-state index contributed by atoms with van der Waals surface area (Å²) in [6, 6.07) is 1.36. The van der Waals surface area contributed by atoms with Gasteiger partial charge in [-0.1, -0.05) is 24.9 Å². The van der Waals surface area contributed by atoms with Crippen LogP contribution in [0.5, 0.6) is 0 Å². The number of nitrogens with zero attached hydrogens (tertiary/aromatic N) is 1. The largest absolute Gasteiger partial charge is 0.416 e.